The van der Waals surface area contributed by atoms with Crippen LogP contribution >= 0.6 is 11.8 Å². The Morgan fingerprint density at radius 2 is 1.85 bits per heavy atom. The van der Waals surface area contributed by atoms with E-state index in [9.17, 15) is 19.7 Å². The Kier molecular flexibility index (Phi) is 7.44. The van der Waals surface area contributed by atoms with Gasteiger partial charge in [-0.1, -0.05) is 35.5 Å². The highest BCUT2D eigenvalue weighted by Crippen LogP contribution is 2.23. The summed E-state index contributed by atoms with van der Waals surface area (Å²) < 4.78 is 1.72. The number of carbonyl (C=O) groups is 2. The molecule has 0 aliphatic heterocycles. The van der Waals surface area contributed by atoms with Gasteiger partial charge in [-0.15, -0.1) is 10.2 Å². The molecule has 0 unspecified atom stereocenters. The summed E-state index contributed by atoms with van der Waals surface area (Å²) >= 11 is 1.17. The fourth-order valence-corrected chi connectivity index (χ4v) is 3.81. The number of aryl methyl sites for hydroxylation is 2. The van der Waals surface area contributed by atoms with Crippen molar-refractivity contribution in [2.24, 2.45) is 7.05 Å². The molecule has 1 atom stereocenters. The van der Waals surface area contributed by atoms with E-state index in [1.807, 2.05) is 26.0 Å². The first kappa shape index (κ1) is 23.9. The van der Waals surface area contributed by atoms with Gasteiger partial charge in [0.25, 0.3) is 11.6 Å². The van der Waals surface area contributed by atoms with Crippen LogP contribution in [0.25, 0.3) is 0 Å². The van der Waals surface area contributed by atoms with Gasteiger partial charge in [-0.25, -0.2) is 0 Å². The van der Waals surface area contributed by atoms with Crippen LogP contribution in [0.2, 0.25) is 0 Å². The number of rotatable bonds is 8. The smallest absolute Gasteiger partial charge is 0.274 e. The molecule has 0 saturated heterocycles. The number of nitrogens with zero attached hydrogens (tertiary/aromatic N) is 4. The van der Waals surface area contributed by atoms with Crippen molar-refractivity contribution in [3.8, 4) is 0 Å². The predicted octanol–water partition coefficient (Wildman–Crippen LogP) is 3.56. The number of carbonyl (C=O) groups excluding carboxylic acids is 2. The van der Waals surface area contributed by atoms with Crippen LogP contribution < -0.4 is 10.6 Å². The van der Waals surface area contributed by atoms with Crippen molar-refractivity contribution in [1.29, 1.82) is 0 Å². The quantitative estimate of drug-likeness (QED) is 0.293. The number of anilines is 1. The van der Waals surface area contributed by atoms with E-state index in [1.54, 1.807) is 42.8 Å². The average Bonchev–Trinajstić information content (AvgIpc) is 3.14. The van der Waals surface area contributed by atoms with Gasteiger partial charge in [-0.3, -0.25) is 19.7 Å². The van der Waals surface area contributed by atoms with Crippen molar-refractivity contribution in [1.82, 2.24) is 20.1 Å². The van der Waals surface area contributed by atoms with Crippen LogP contribution in [0.15, 0.2) is 47.6 Å². The van der Waals surface area contributed by atoms with Crippen LogP contribution in [0.1, 0.15) is 40.3 Å². The summed E-state index contributed by atoms with van der Waals surface area (Å²) in [6.07, 6.45) is 0. The molecular weight excluding hydrogens is 444 g/mol. The van der Waals surface area contributed by atoms with Gasteiger partial charge in [0.1, 0.15) is 0 Å². The zero-order chi connectivity index (χ0) is 24.1. The molecular formula is C22H24N6O4S. The van der Waals surface area contributed by atoms with Crippen molar-refractivity contribution < 1.29 is 14.5 Å². The third-order valence-electron chi connectivity index (χ3n) is 4.94. The molecule has 0 aliphatic rings. The molecule has 0 saturated carbocycles. The molecule has 3 aromatic rings. The number of aromatic nitrogens is 3. The summed E-state index contributed by atoms with van der Waals surface area (Å²) in [6, 6.07) is 11.4. The highest BCUT2D eigenvalue weighted by atomic mass is 32.2. The molecule has 172 valence electrons. The molecule has 2 aromatic carbocycles. The monoisotopic (exact) mass is 468 g/mol. The van der Waals surface area contributed by atoms with E-state index in [4.69, 9.17) is 0 Å². The summed E-state index contributed by atoms with van der Waals surface area (Å²) in [5, 5.41) is 25.4. The summed E-state index contributed by atoms with van der Waals surface area (Å²) in [7, 11) is 1.76. The molecule has 11 heteroatoms. The molecule has 0 spiro atoms. The predicted molar refractivity (Wildman–Crippen MR) is 125 cm³/mol. The first-order valence-electron chi connectivity index (χ1n) is 10.1. The second-order valence-corrected chi connectivity index (χ2v) is 8.50. The number of nitro groups is 1. The van der Waals surface area contributed by atoms with Gasteiger partial charge >= 0.3 is 0 Å². The summed E-state index contributed by atoms with van der Waals surface area (Å²) in [6.45, 7) is 5.39. The molecule has 10 nitrogen and oxygen atoms in total. The first-order valence-corrected chi connectivity index (χ1v) is 11.1. The maximum atomic E-state index is 12.5. The zero-order valence-corrected chi connectivity index (χ0v) is 19.5. The zero-order valence-electron chi connectivity index (χ0n) is 18.7. The average molecular weight is 469 g/mol. The SMILES string of the molecule is Cc1ccc(C(=O)N[C@@H](C)c2nnc(SCC(=O)Nc3ccc(C)c([N+](=O)[O-])c3)n2C)cc1. The summed E-state index contributed by atoms with van der Waals surface area (Å²) in [4.78, 5) is 35.4. The Labute approximate surface area is 194 Å². The molecule has 3 rings (SSSR count). The van der Waals surface area contributed by atoms with E-state index < -0.39 is 11.0 Å². The summed E-state index contributed by atoms with van der Waals surface area (Å²) in [5.74, 6) is 0.0415. The number of benzene rings is 2. The minimum Gasteiger partial charge on any atom is -0.342 e. The number of nitrogens with one attached hydrogen (secondary N) is 2. The van der Waals surface area contributed by atoms with Gasteiger partial charge < -0.3 is 15.2 Å². The Balaban J connectivity index is 1.58. The molecule has 0 aliphatic carbocycles. The Morgan fingerprint density at radius 3 is 2.52 bits per heavy atom. The van der Waals surface area contributed by atoms with Crippen LogP contribution in [0.5, 0.6) is 0 Å². The van der Waals surface area contributed by atoms with Crippen molar-refractivity contribution >= 4 is 35.0 Å². The number of hydrogen-bond acceptors (Lipinski definition) is 7. The van der Waals surface area contributed by atoms with Gasteiger partial charge in [-0.2, -0.15) is 0 Å². The van der Waals surface area contributed by atoms with Gasteiger partial charge in [0, 0.05) is 29.9 Å². The highest BCUT2D eigenvalue weighted by Gasteiger charge is 2.19. The minimum absolute atomic E-state index is 0.0394. The molecule has 2 amide bonds. The minimum atomic E-state index is -0.487. The number of amides is 2. The van der Waals surface area contributed by atoms with Gasteiger partial charge in [0.2, 0.25) is 5.91 Å². The maximum absolute atomic E-state index is 12.5. The second-order valence-electron chi connectivity index (χ2n) is 7.56. The molecule has 0 bridgehead atoms. The first-order chi connectivity index (χ1) is 15.7. The molecule has 1 aromatic heterocycles. The largest absolute Gasteiger partial charge is 0.342 e. The fraction of sp³-hybridized carbons (Fsp3) is 0.273. The lowest BCUT2D eigenvalue weighted by Crippen LogP contribution is -2.28. The summed E-state index contributed by atoms with van der Waals surface area (Å²) in [5.41, 5.74) is 2.43. The highest BCUT2D eigenvalue weighted by molar-refractivity contribution is 7.99. The van der Waals surface area contributed by atoms with Crippen LogP contribution in [0.3, 0.4) is 0 Å². The van der Waals surface area contributed by atoms with Crippen LogP contribution in [0.4, 0.5) is 11.4 Å². The Bertz CT molecular complexity index is 1190. The fourth-order valence-electron chi connectivity index (χ4n) is 3.09. The number of nitro benzene ring substituents is 1. The number of thioether (sulfide) groups is 1. The van der Waals surface area contributed by atoms with Gasteiger partial charge in [0.05, 0.1) is 16.7 Å². The van der Waals surface area contributed by atoms with Crippen molar-refractivity contribution in [2.45, 2.75) is 32.0 Å². The van der Waals surface area contributed by atoms with E-state index in [-0.39, 0.29) is 23.3 Å². The van der Waals surface area contributed by atoms with Crippen LogP contribution in [0, 0.1) is 24.0 Å². The lowest BCUT2D eigenvalue weighted by atomic mass is 10.1. The normalized spacial score (nSPS) is 11.6. The van der Waals surface area contributed by atoms with Crippen LogP contribution in [-0.4, -0.2) is 37.3 Å². The van der Waals surface area contributed by atoms with E-state index in [0.717, 1.165) is 5.56 Å². The molecule has 0 radical (unpaired) electrons. The molecule has 2 N–H and O–H groups in total. The van der Waals surface area contributed by atoms with Crippen molar-refractivity contribution in [3.63, 3.8) is 0 Å². The molecule has 0 fully saturated rings. The van der Waals surface area contributed by atoms with E-state index in [1.165, 1.54) is 17.8 Å². The van der Waals surface area contributed by atoms with Crippen LogP contribution in [-0.2, 0) is 11.8 Å². The maximum Gasteiger partial charge on any atom is 0.274 e. The number of hydrogen-bond donors (Lipinski definition) is 2. The topological polar surface area (TPSA) is 132 Å². The van der Waals surface area contributed by atoms with Gasteiger partial charge in [-0.05, 0) is 39.0 Å². The molecule has 1 heterocycles. The second kappa shape index (κ2) is 10.3. The standard InChI is InChI=1S/C22H24N6O4S/c1-13-5-8-16(9-6-13)21(30)23-15(3)20-25-26-22(27(20)4)33-12-19(29)24-17-10-7-14(2)18(11-17)28(31)32/h5-11,15H,12H2,1-4H3,(H,23,30)(H,24,29)/t15-/m0/s1. The van der Waals surface area contributed by atoms with E-state index in [2.05, 4.69) is 20.8 Å². The molecule has 33 heavy (non-hydrogen) atoms. The van der Waals surface area contributed by atoms with E-state index in [0.29, 0.717) is 27.8 Å². The third-order valence-corrected chi connectivity index (χ3v) is 5.96. The Hall–Kier alpha value is -3.73. The van der Waals surface area contributed by atoms with Crippen molar-refractivity contribution in [3.05, 3.63) is 75.1 Å². The Morgan fingerprint density at radius 1 is 1.15 bits per heavy atom. The third kappa shape index (κ3) is 5.95. The lowest BCUT2D eigenvalue weighted by Gasteiger charge is -2.13. The van der Waals surface area contributed by atoms with E-state index >= 15 is 0 Å². The lowest BCUT2D eigenvalue weighted by molar-refractivity contribution is -0.385. The van der Waals surface area contributed by atoms with Gasteiger partial charge in [0.15, 0.2) is 11.0 Å². The van der Waals surface area contributed by atoms with Crippen molar-refractivity contribution in [2.75, 3.05) is 11.1 Å².